The van der Waals surface area contributed by atoms with Gasteiger partial charge in [-0.3, -0.25) is 9.48 Å². The van der Waals surface area contributed by atoms with Crippen LogP contribution in [0.5, 0.6) is 0 Å². The molecule has 0 aliphatic carbocycles. The molecule has 3 aromatic heterocycles. The lowest BCUT2D eigenvalue weighted by atomic mass is 10.2. The van der Waals surface area contributed by atoms with Crippen molar-refractivity contribution in [1.29, 1.82) is 0 Å². The van der Waals surface area contributed by atoms with Crippen LogP contribution in [0.3, 0.4) is 0 Å². The minimum Gasteiger partial charge on any atom is -0.368 e. The lowest BCUT2D eigenvalue weighted by Crippen LogP contribution is -2.48. The van der Waals surface area contributed by atoms with Crippen LogP contribution >= 0.6 is 0 Å². The third kappa shape index (κ3) is 5.49. The molecule has 1 saturated heterocycles. The Balaban J connectivity index is 1.24. The summed E-state index contributed by atoms with van der Waals surface area (Å²) in [6, 6.07) is 22.2. The normalized spacial score (nSPS) is 13.8. The van der Waals surface area contributed by atoms with Gasteiger partial charge in [0.15, 0.2) is 5.65 Å². The highest BCUT2D eigenvalue weighted by molar-refractivity contribution is 7.90. The van der Waals surface area contributed by atoms with E-state index in [-0.39, 0.29) is 22.4 Å². The molecule has 0 atom stereocenters. The number of carbonyl (C=O) groups is 1. The molecule has 1 aliphatic heterocycles. The number of hydrogen-bond acceptors (Lipinski definition) is 9. The molecule has 0 saturated carbocycles. The van der Waals surface area contributed by atoms with E-state index in [1.54, 1.807) is 48.1 Å². The van der Waals surface area contributed by atoms with Gasteiger partial charge >= 0.3 is 0 Å². The third-order valence-electron chi connectivity index (χ3n) is 8.31. The van der Waals surface area contributed by atoms with Gasteiger partial charge in [0, 0.05) is 68.8 Å². The van der Waals surface area contributed by atoms with Crippen LogP contribution in [0.4, 0.5) is 28.8 Å². The molecule has 6 aromatic rings. The molecule has 0 bridgehead atoms. The molecular formula is C33H33N9O3S. The third-order valence-corrected chi connectivity index (χ3v) is 9.99. The van der Waals surface area contributed by atoms with E-state index in [4.69, 9.17) is 9.97 Å². The Morgan fingerprint density at radius 1 is 0.848 bits per heavy atom. The molecule has 7 rings (SSSR count). The lowest BCUT2D eigenvalue weighted by molar-refractivity contribution is -0.129. The van der Waals surface area contributed by atoms with E-state index in [2.05, 4.69) is 20.6 Å². The molecule has 3 aromatic carbocycles. The van der Waals surface area contributed by atoms with Crippen LogP contribution in [0.1, 0.15) is 12.5 Å². The number of rotatable bonds is 7. The Labute approximate surface area is 266 Å². The summed E-state index contributed by atoms with van der Waals surface area (Å²) >= 11 is 0. The summed E-state index contributed by atoms with van der Waals surface area (Å²) in [6.07, 6.45) is 3.31. The van der Waals surface area contributed by atoms with Gasteiger partial charge in [0.25, 0.3) is 10.0 Å². The maximum Gasteiger partial charge on any atom is 0.269 e. The van der Waals surface area contributed by atoms with Gasteiger partial charge in [0.1, 0.15) is 5.82 Å². The Morgan fingerprint density at radius 3 is 2.28 bits per heavy atom. The summed E-state index contributed by atoms with van der Waals surface area (Å²) in [5.74, 6) is 0.783. The first kappa shape index (κ1) is 29.3. The van der Waals surface area contributed by atoms with Gasteiger partial charge in [-0.2, -0.15) is 15.1 Å². The fourth-order valence-electron chi connectivity index (χ4n) is 5.68. The summed E-state index contributed by atoms with van der Waals surface area (Å²) in [5.41, 5.74) is 4.71. The number of aromatic nitrogens is 5. The van der Waals surface area contributed by atoms with Crippen LogP contribution in [0.2, 0.25) is 0 Å². The predicted molar refractivity (Wildman–Crippen MR) is 179 cm³/mol. The Bertz CT molecular complexity index is 2180. The molecule has 234 valence electrons. The Morgan fingerprint density at radius 2 is 1.57 bits per heavy atom. The molecule has 0 radical (unpaired) electrons. The molecular weight excluding hydrogens is 602 g/mol. The van der Waals surface area contributed by atoms with Crippen LogP contribution in [0.15, 0.2) is 90.1 Å². The zero-order valence-electron chi connectivity index (χ0n) is 25.7. The van der Waals surface area contributed by atoms with Crippen molar-refractivity contribution in [2.75, 3.05) is 41.7 Å². The van der Waals surface area contributed by atoms with E-state index < -0.39 is 10.0 Å². The van der Waals surface area contributed by atoms with E-state index in [0.717, 1.165) is 46.6 Å². The van der Waals surface area contributed by atoms with Crippen molar-refractivity contribution in [2.45, 2.75) is 18.7 Å². The van der Waals surface area contributed by atoms with E-state index in [1.807, 2.05) is 61.3 Å². The number of piperazine rings is 1. The summed E-state index contributed by atoms with van der Waals surface area (Å²) in [4.78, 5) is 25.5. The smallest absolute Gasteiger partial charge is 0.269 e. The van der Waals surface area contributed by atoms with Gasteiger partial charge in [-0.05, 0) is 67.6 Å². The highest BCUT2D eigenvalue weighted by Crippen LogP contribution is 2.31. The second kappa shape index (κ2) is 11.5. The largest absolute Gasteiger partial charge is 0.368 e. The van der Waals surface area contributed by atoms with Gasteiger partial charge in [-0.25, -0.2) is 12.4 Å². The standard InChI is InChI=1S/C33H33N9O3S/c1-22-4-12-28(13-5-22)46(44,45)42-15-14-29-31(35-26-7-6-24-21-34-39(3)30(24)20-26)37-33(38-32(29)42)36-25-8-10-27(11-9-25)41-18-16-40(17-19-41)23(2)43/h4-15,20-21H,16-19H2,1-3H3,(H2,35,36,37,38). The minimum atomic E-state index is -3.94. The maximum absolute atomic E-state index is 13.8. The van der Waals surface area contributed by atoms with Crippen molar-refractivity contribution >= 4 is 66.7 Å². The van der Waals surface area contributed by atoms with Crippen LogP contribution in [-0.2, 0) is 21.9 Å². The van der Waals surface area contributed by atoms with Crippen molar-refractivity contribution in [3.05, 3.63) is 90.8 Å². The minimum absolute atomic E-state index is 0.0976. The number of benzene rings is 3. The quantitative estimate of drug-likeness (QED) is 0.248. The Kier molecular flexibility index (Phi) is 7.32. The van der Waals surface area contributed by atoms with Crippen molar-refractivity contribution < 1.29 is 13.2 Å². The summed E-state index contributed by atoms with van der Waals surface area (Å²) in [7, 11) is -2.06. The van der Waals surface area contributed by atoms with E-state index in [0.29, 0.717) is 24.3 Å². The first-order valence-electron chi connectivity index (χ1n) is 14.9. The van der Waals surface area contributed by atoms with Crippen LogP contribution < -0.4 is 15.5 Å². The van der Waals surface area contributed by atoms with E-state index >= 15 is 0 Å². The zero-order chi connectivity index (χ0) is 32.0. The van der Waals surface area contributed by atoms with Crippen LogP contribution in [-0.4, -0.2) is 69.1 Å². The highest BCUT2D eigenvalue weighted by atomic mass is 32.2. The van der Waals surface area contributed by atoms with Crippen LogP contribution in [0.25, 0.3) is 21.9 Å². The molecule has 2 N–H and O–H groups in total. The zero-order valence-corrected chi connectivity index (χ0v) is 26.5. The molecule has 0 spiro atoms. The fraction of sp³-hybridized carbons (Fsp3) is 0.212. The SMILES string of the molecule is CC(=O)N1CCN(c2ccc(Nc3nc(Nc4ccc5cnn(C)c5c4)c4ccn(S(=O)(=O)c5ccc(C)cc5)c4n3)cc2)CC1. The van der Waals surface area contributed by atoms with Gasteiger partial charge in [0.2, 0.25) is 11.9 Å². The molecule has 1 fully saturated rings. The van der Waals surface area contributed by atoms with E-state index in [9.17, 15) is 13.2 Å². The topological polar surface area (TPSA) is 130 Å². The number of anilines is 5. The summed E-state index contributed by atoms with van der Waals surface area (Å²) in [6.45, 7) is 6.42. The molecule has 1 aliphatic rings. The molecule has 46 heavy (non-hydrogen) atoms. The first-order valence-corrected chi connectivity index (χ1v) is 16.4. The maximum atomic E-state index is 13.8. The molecule has 13 heteroatoms. The van der Waals surface area contributed by atoms with Crippen LogP contribution in [0, 0.1) is 6.92 Å². The second-order valence-electron chi connectivity index (χ2n) is 11.4. The number of nitrogens with one attached hydrogen (secondary N) is 2. The number of amides is 1. The lowest BCUT2D eigenvalue weighted by Gasteiger charge is -2.35. The average molecular weight is 636 g/mol. The summed E-state index contributed by atoms with van der Waals surface area (Å²) in [5, 5.41) is 12.5. The Hall–Kier alpha value is -5.43. The van der Waals surface area contributed by atoms with Crippen molar-refractivity contribution in [2.24, 2.45) is 7.05 Å². The number of fused-ring (bicyclic) bond motifs is 2. The number of nitrogens with zero attached hydrogens (tertiary/aromatic N) is 7. The fourth-order valence-corrected chi connectivity index (χ4v) is 6.98. The van der Waals surface area contributed by atoms with Crippen molar-refractivity contribution in [1.82, 2.24) is 28.6 Å². The molecule has 0 unspecified atom stereocenters. The van der Waals surface area contributed by atoms with Gasteiger partial charge in [-0.15, -0.1) is 0 Å². The van der Waals surface area contributed by atoms with Crippen molar-refractivity contribution in [3.8, 4) is 0 Å². The van der Waals surface area contributed by atoms with Gasteiger partial charge in [0.05, 0.1) is 22.0 Å². The average Bonchev–Trinajstić information content (AvgIpc) is 3.66. The molecule has 1 amide bonds. The van der Waals surface area contributed by atoms with E-state index in [1.165, 1.54) is 10.2 Å². The number of carbonyl (C=O) groups excluding carboxylic acids is 1. The second-order valence-corrected chi connectivity index (χ2v) is 13.2. The summed E-state index contributed by atoms with van der Waals surface area (Å²) < 4.78 is 30.6. The monoisotopic (exact) mass is 635 g/mol. The molecule has 4 heterocycles. The highest BCUT2D eigenvalue weighted by Gasteiger charge is 2.23. The number of hydrogen-bond donors (Lipinski definition) is 2. The van der Waals surface area contributed by atoms with Gasteiger partial charge in [-0.1, -0.05) is 17.7 Å². The first-order chi connectivity index (χ1) is 22.2. The van der Waals surface area contributed by atoms with Gasteiger partial charge < -0.3 is 20.4 Å². The number of aryl methyl sites for hydroxylation is 2. The van der Waals surface area contributed by atoms with Crippen molar-refractivity contribution in [3.63, 3.8) is 0 Å². The predicted octanol–water partition coefficient (Wildman–Crippen LogP) is 5.02. The molecule has 12 nitrogen and oxygen atoms in total.